The smallest absolute Gasteiger partial charge is 0.132 e. The molecule has 0 aromatic carbocycles. The maximum atomic E-state index is 4.39. The van der Waals surface area contributed by atoms with Gasteiger partial charge in [-0.25, -0.2) is 19.9 Å². The van der Waals surface area contributed by atoms with Gasteiger partial charge in [0.2, 0.25) is 0 Å². The van der Waals surface area contributed by atoms with Gasteiger partial charge in [-0.05, 0) is 31.7 Å². The van der Waals surface area contributed by atoms with E-state index in [9.17, 15) is 0 Å². The fraction of sp³-hybridized carbons (Fsp3) is 0.467. The van der Waals surface area contributed by atoms with Crippen LogP contribution in [0.3, 0.4) is 0 Å². The van der Waals surface area contributed by atoms with Crippen molar-refractivity contribution in [3.8, 4) is 0 Å². The SMILES string of the molecule is Cc1cc(N2CCCC(Cc3ncccn3)C2)ncn1. The molecule has 0 aliphatic carbocycles. The molecule has 1 fully saturated rings. The summed E-state index contributed by atoms with van der Waals surface area (Å²) in [6.07, 6.45) is 8.66. The van der Waals surface area contributed by atoms with E-state index in [1.165, 1.54) is 12.8 Å². The first-order valence-electron chi connectivity index (χ1n) is 7.11. The number of hydrogen-bond acceptors (Lipinski definition) is 5. The summed E-state index contributed by atoms with van der Waals surface area (Å²) in [5, 5.41) is 0. The highest BCUT2D eigenvalue weighted by atomic mass is 15.2. The normalized spacial score (nSPS) is 19.1. The molecule has 20 heavy (non-hydrogen) atoms. The number of piperidine rings is 1. The van der Waals surface area contributed by atoms with E-state index < -0.39 is 0 Å². The molecule has 1 saturated heterocycles. The van der Waals surface area contributed by atoms with E-state index in [4.69, 9.17) is 0 Å². The lowest BCUT2D eigenvalue weighted by molar-refractivity contribution is 0.404. The Morgan fingerprint density at radius 2 is 2.05 bits per heavy atom. The zero-order valence-electron chi connectivity index (χ0n) is 11.7. The molecule has 1 unspecified atom stereocenters. The van der Waals surface area contributed by atoms with Crippen molar-refractivity contribution in [2.24, 2.45) is 5.92 Å². The quantitative estimate of drug-likeness (QED) is 0.853. The van der Waals surface area contributed by atoms with Crippen molar-refractivity contribution in [1.29, 1.82) is 0 Å². The predicted octanol–water partition coefficient (Wildman–Crippen LogP) is 2.03. The van der Waals surface area contributed by atoms with Crippen LogP contribution >= 0.6 is 0 Å². The minimum atomic E-state index is 0.599. The number of hydrogen-bond donors (Lipinski definition) is 0. The van der Waals surface area contributed by atoms with Crippen LogP contribution in [0.1, 0.15) is 24.4 Å². The second kappa shape index (κ2) is 5.94. The van der Waals surface area contributed by atoms with Crippen LogP contribution < -0.4 is 4.90 Å². The summed E-state index contributed by atoms with van der Waals surface area (Å²) < 4.78 is 0. The van der Waals surface area contributed by atoms with Crippen LogP contribution in [-0.4, -0.2) is 33.0 Å². The molecule has 2 aromatic heterocycles. The second-order valence-corrected chi connectivity index (χ2v) is 5.34. The fourth-order valence-corrected chi connectivity index (χ4v) is 2.75. The van der Waals surface area contributed by atoms with Gasteiger partial charge in [-0.2, -0.15) is 0 Å². The van der Waals surface area contributed by atoms with Crippen LogP contribution in [0.25, 0.3) is 0 Å². The third-order valence-corrected chi connectivity index (χ3v) is 3.72. The van der Waals surface area contributed by atoms with E-state index in [2.05, 4.69) is 30.9 Å². The van der Waals surface area contributed by atoms with E-state index in [0.717, 1.165) is 36.8 Å². The summed E-state index contributed by atoms with van der Waals surface area (Å²) in [5.41, 5.74) is 1.02. The van der Waals surface area contributed by atoms with Crippen molar-refractivity contribution in [1.82, 2.24) is 19.9 Å². The summed E-state index contributed by atoms with van der Waals surface area (Å²) in [5.74, 6) is 2.58. The highest BCUT2D eigenvalue weighted by Crippen LogP contribution is 2.23. The summed E-state index contributed by atoms with van der Waals surface area (Å²) in [4.78, 5) is 19.6. The Labute approximate surface area is 119 Å². The molecular formula is C15H19N5. The minimum Gasteiger partial charge on any atom is -0.356 e. The summed E-state index contributed by atoms with van der Waals surface area (Å²) in [7, 11) is 0. The molecule has 3 rings (SSSR count). The van der Waals surface area contributed by atoms with Gasteiger partial charge in [0.15, 0.2) is 0 Å². The van der Waals surface area contributed by atoms with Crippen molar-refractivity contribution in [3.63, 3.8) is 0 Å². The summed E-state index contributed by atoms with van der Waals surface area (Å²) in [6, 6.07) is 3.92. The van der Waals surface area contributed by atoms with Crippen molar-refractivity contribution < 1.29 is 0 Å². The topological polar surface area (TPSA) is 54.8 Å². The molecule has 1 aliphatic heterocycles. The van der Waals surface area contributed by atoms with Gasteiger partial charge in [0.1, 0.15) is 18.0 Å². The first-order chi connectivity index (χ1) is 9.81. The number of aryl methyl sites for hydroxylation is 1. The molecule has 2 aromatic rings. The summed E-state index contributed by atoms with van der Waals surface area (Å²) >= 11 is 0. The van der Waals surface area contributed by atoms with Gasteiger partial charge < -0.3 is 4.90 Å². The van der Waals surface area contributed by atoms with E-state index in [-0.39, 0.29) is 0 Å². The minimum absolute atomic E-state index is 0.599. The molecular weight excluding hydrogens is 250 g/mol. The number of aromatic nitrogens is 4. The molecule has 0 amide bonds. The molecule has 5 heteroatoms. The molecule has 104 valence electrons. The van der Waals surface area contributed by atoms with Crippen LogP contribution in [0.5, 0.6) is 0 Å². The average Bonchev–Trinajstić information content (AvgIpc) is 2.49. The van der Waals surface area contributed by atoms with Crippen molar-refractivity contribution in [3.05, 3.63) is 42.4 Å². The Bertz CT molecular complexity index is 557. The van der Waals surface area contributed by atoms with Gasteiger partial charge in [-0.15, -0.1) is 0 Å². The van der Waals surface area contributed by atoms with E-state index in [1.807, 2.05) is 25.4 Å². The monoisotopic (exact) mass is 269 g/mol. The number of rotatable bonds is 3. The van der Waals surface area contributed by atoms with Gasteiger partial charge in [0, 0.05) is 43.7 Å². The third kappa shape index (κ3) is 3.10. The molecule has 0 spiro atoms. The van der Waals surface area contributed by atoms with Crippen LogP contribution in [-0.2, 0) is 6.42 Å². The standard InChI is InChI=1S/C15H19N5/c1-12-8-15(19-11-18-12)20-7-2-4-13(10-20)9-14-16-5-3-6-17-14/h3,5-6,8,11,13H,2,4,7,9-10H2,1H3. The molecule has 3 heterocycles. The Hall–Kier alpha value is -2.04. The highest BCUT2D eigenvalue weighted by molar-refractivity contribution is 5.39. The van der Waals surface area contributed by atoms with Crippen molar-refractivity contribution >= 4 is 5.82 Å². The van der Waals surface area contributed by atoms with Crippen LogP contribution in [0.15, 0.2) is 30.9 Å². The van der Waals surface area contributed by atoms with E-state index in [1.54, 1.807) is 6.33 Å². The predicted molar refractivity (Wildman–Crippen MR) is 77.4 cm³/mol. The van der Waals surface area contributed by atoms with Gasteiger partial charge >= 0.3 is 0 Å². The molecule has 1 aliphatic rings. The van der Waals surface area contributed by atoms with Crippen LogP contribution in [0.2, 0.25) is 0 Å². The fourth-order valence-electron chi connectivity index (χ4n) is 2.75. The van der Waals surface area contributed by atoms with Gasteiger partial charge in [-0.3, -0.25) is 0 Å². The second-order valence-electron chi connectivity index (χ2n) is 5.34. The molecule has 0 radical (unpaired) electrons. The Morgan fingerprint density at radius 1 is 1.20 bits per heavy atom. The largest absolute Gasteiger partial charge is 0.356 e. The zero-order chi connectivity index (χ0) is 13.8. The zero-order valence-corrected chi connectivity index (χ0v) is 11.7. The number of anilines is 1. The van der Waals surface area contributed by atoms with Gasteiger partial charge in [0.25, 0.3) is 0 Å². The van der Waals surface area contributed by atoms with E-state index in [0.29, 0.717) is 5.92 Å². The first kappa shape index (κ1) is 13.0. The molecule has 1 atom stereocenters. The molecule has 0 N–H and O–H groups in total. The lowest BCUT2D eigenvalue weighted by Crippen LogP contribution is -2.37. The van der Waals surface area contributed by atoms with E-state index >= 15 is 0 Å². The van der Waals surface area contributed by atoms with Gasteiger partial charge in [0.05, 0.1) is 0 Å². The molecule has 5 nitrogen and oxygen atoms in total. The van der Waals surface area contributed by atoms with Gasteiger partial charge in [-0.1, -0.05) is 0 Å². The first-order valence-corrected chi connectivity index (χ1v) is 7.11. The van der Waals surface area contributed by atoms with Crippen LogP contribution in [0.4, 0.5) is 5.82 Å². The van der Waals surface area contributed by atoms with Crippen LogP contribution in [0, 0.1) is 12.8 Å². The Morgan fingerprint density at radius 3 is 2.85 bits per heavy atom. The maximum Gasteiger partial charge on any atom is 0.132 e. The van der Waals surface area contributed by atoms with Crippen molar-refractivity contribution in [2.45, 2.75) is 26.2 Å². The lowest BCUT2D eigenvalue weighted by Gasteiger charge is -2.33. The maximum absolute atomic E-state index is 4.39. The number of nitrogens with zero attached hydrogens (tertiary/aromatic N) is 5. The summed E-state index contributed by atoms with van der Waals surface area (Å²) in [6.45, 7) is 4.10. The Balaban J connectivity index is 1.67. The Kier molecular flexibility index (Phi) is 3.85. The lowest BCUT2D eigenvalue weighted by atomic mass is 9.94. The highest BCUT2D eigenvalue weighted by Gasteiger charge is 2.22. The third-order valence-electron chi connectivity index (χ3n) is 3.72. The van der Waals surface area contributed by atoms with Crippen molar-refractivity contribution in [2.75, 3.05) is 18.0 Å². The molecule has 0 saturated carbocycles. The average molecular weight is 269 g/mol. The molecule has 0 bridgehead atoms.